The zero-order valence-corrected chi connectivity index (χ0v) is 19.4. The number of carbonyl (C=O) groups is 1. The van der Waals surface area contributed by atoms with Crippen molar-refractivity contribution in [2.75, 3.05) is 5.32 Å². The molecular formula is C23H19BrClN3O4. The molecule has 0 saturated heterocycles. The molecule has 32 heavy (non-hydrogen) atoms. The summed E-state index contributed by atoms with van der Waals surface area (Å²) in [5.74, 6) is 1.59. The van der Waals surface area contributed by atoms with E-state index in [0.29, 0.717) is 28.0 Å². The van der Waals surface area contributed by atoms with Crippen LogP contribution in [0.25, 0.3) is 0 Å². The number of benzene rings is 2. The van der Waals surface area contributed by atoms with Gasteiger partial charge in [-0.15, -0.1) is 0 Å². The topological polar surface area (TPSA) is 78.5 Å². The van der Waals surface area contributed by atoms with E-state index in [1.807, 2.05) is 43.3 Å². The van der Waals surface area contributed by atoms with Crippen molar-refractivity contribution in [2.45, 2.75) is 20.3 Å². The lowest BCUT2D eigenvalue weighted by atomic mass is 10.2. The van der Waals surface area contributed by atoms with E-state index in [-0.39, 0.29) is 19.1 Å². The molecule has 4 aromatic rings. The second kappa shape index (κ2) is 9.93. The monoisotopic (exact) mass is 515 g/mol. The molecule has 7 nitrogen and oxygen atoms in total. The zero-order valence-electron chi connectivity index (χ0n) is 17.0. The average Bonchev–Trinajstić information content (AvgIpc) is 3.43. The molecular weight excluding hydrogens is 498 g/mol. The molecule has 0 saturated carbocycles. The normalized spacial score (nSPS) is 10.7. The van der Waals surface area contributed by atoms with Gasteiger partial charge in [0.05, 0.1) is 23.1 Å². The summed E-state index contributed by atoms with van der Waals surface area (Å²) in [4.78, 5) is 12.5. The number of nitrogens with zero attached hydrogens (tertiary/aromatic N) is 2. The molecule has 0 unspecified atom stereocenters. The molecule has 0 fully saturated rings. The number of nitrogens with one attached hydrogen (secondary N) is 1. The summed E-state index contributed by atoms with van der Waals surface area (Å²) in [6, 6.07) is 16.3. The molecule has 2 aromatic carbocycles. The third-order valence-corrected chi connectivity index (χ3v) is 5.30. The van der Waals surface area contributed by atoms with Gasteiger partial charge in [0.2, 0.25) is 0 Å². The summed E-state index contributed by atoms with van der Waals surface area (Å²) in [5, 5.41) is 7.46. The van der Waals surface area contributed by atoms with Crippen LogP contribution in [0.1, 0.15) is 21.9 Å². The van der Waals surface area contributed by atoms with Crippen LogP contribution >= 0.6 is 27.5 Å². The van der Waals surface area contributed by atoms with Gasteiger partial charge in [0.15, 0.2) is 12.5 Å². The van der Waals surface area contributed by atoms with Crippen LogP contribution in [-0.2, 0) is 13.3 Å². The maximum atomic E-state index is 12.5. The summed E-state index contributed by atoms with van der Waals surface area (Å²) in [6.45, 7) is 2.27. The second-order valence-electron chi connectivity index (χ2n) is 6.89. The van der Waals surface area contributed by atoms with E-state index in [1.165, 1.54) is 6.20 Å². The first-order chi connectivity index (χ1) is 15.5. The number of hydrogen-bond donors (Lipinski definition) is 1. The van der Waals surface area contributed by atoms with Crippen molar-refractivity contribution in [3.63, 3.8) is 0 Å². The quantitative estimate of drug-likeness (QED) is 0.308. The predicted octanol–water partition coefficient (Wildman–Crippen LogP) is 6.07. The minimum absolute atomic E-state index is 0.156. The number of carbonyl (C=O) groups excluding carboxylic acids is 1. The lowest BCUT2D eigenvalue weighted by molar-refractivity contribution is 0.0992. The minimum Gasteiger partial charge on any atom is -0.484 e. The minimum atomic E-state index is -0.390. The SMILES string of the molecule is Cc1cccc(Cl)c1OCc1ccc(C(=O)Nc2cnn(COc3ccc(Br)cc3)c2)o1. The Labute approximate surface area is 198 Å². The number of halogens is 2. The first-order valence-corrected chi connectivity index (χ1v) is 10.8. The Morgan fingerprint density at radius 1 is 1.16 bits per heavy atom. The van der Waals surface area contributed by atoms with Gasteiger partial charge in [-0.2, -0.15) is 5.10 Å². The maximum absolute atomic E-state index is 12.5. The van der Waals surface area contributed by atoms with Crippen LogP contribution in [0.5, 0.6) is 11.5 Å². The Bertz CT molecular complexity index is 1200. The average molecular weight is 517 g/mol. The Hall–Kier alpha value is -3.23. The van der Waals surface area contributed by atoms with E-state index in [1.54, 1.807) is 29.1 Å². The number of amides is 1. The molecule has 4 rings (SSSR count). The van der Waals surface area contributed by atoms with Crippen molar-refractivity contribution in [2.24, 2.45) is 0 Å². The highest BCUT2D eigenvalue weighted by Crippen LogP contribution is 2.29. The molecule has 1 amide bonds. The number of anilines is 1. The van der Waals surface area contributed by atoms with Crippen LogP contribution in [0.15, 0.2) is 75.9 Å². The molecule has 0 aliphatic heterocycles. The number of para-hydroxylation sites is 1. The van der Waals surface area contributed by atoms with Gasteiger partial charge in [-0.3, -0.25) is 4.79 Å². The van der Waals surface area contributed by atoms with E-state index >= 15 is 0 Å². The molecule has 9 heteroatoms. The van der Waals surface area contributed by atoms with Crippen LogP contribution < -0.4 is 14.8 Å². The highest BCUT2D eigenvalue weighted by Gasteiger charge is 2.14. The molecule has 0 radical (unpaired) electrons. The highest BCUT2D eigenvalue weighted by atomic mass is 79.9. The number of hydrogen-bond acceptors (Lipinski definition) is 5. The first kappa shape index (κ1) is 22.0. The Morgan fingerprint density at radius 2 is 1.97 bits per heavy atom. The Morgan fingerprint density at radius 3 is 2.75 bits per heavy atom. The van der Waals surface area contributed by atoms with Gasteiger partial charge in [-0.05, 0) is 55.0 Å². The fourth-order valence-electron chi connectivity index (χ4n) is 2.88. The van der Waals surface area contributed by atoms with Gasteiger partial charge < -0.3 is 19.2 Å². The smallest absolute Gasteiger partial charge is 0.291 e. The van der Waals surface area contributed by atoms with Crippen LogP contribution in [0.4, 0.5) is 5.69 Å². The number of ether oxygens (including phenoxy) is 2. The van der Waals surface area contributed by atoms with E-state index in [9.17, 15) is 4.79 Å². The summed E-state index contributed by atoms with van der Waals surface area (Å²) < 4.78 is 19.6. The van der Waals surface area contributed by atoms with Crippen molar-refractivity contribution < 1.29 is 18.7 Å². The third kappa shape index (κ3) is 5.52. The molecule has 0 aliphatic rings. The largest absolute Gasteiger partial charge is 0.484 e. The molecule has 0 aliphatic carbocycles. The molecule has 1 N–H and O–H groups in total. The fraction of sp³-hybridized carbons (Fsp3) is 0.130. The van der Waals surface area contributed by atoms with Crippen LogP contribution in [-0.4, -0.2) is 15.7 Å². The number of furan rings is 1. The van der Waals surface area contributed by atoms with Gasteiger partial charge in [0.25, 0.3) is 5.91 Å². The van der Waals surface area contributed by atoms with Gasteiger partial charge in [0.1, 0.15) is 23.9 Å². The molecule has 0 bridgehead atoms. The lowest BCUT2D eigenvalue weighted by Gasteiger charge is -2.09. The van der Waals surface area contributed by atoms with Crippen LogP contribution in [0.2, 0.25) is 5.02 Å². The van der Waals surface area contributed by atoms with Crippen molar-refractivity contribution in [3.8, 4) is 11.5 Å². The van der Waals surface area contributed by atoms with Crippen LogP contribution in [0.3, 0.4) is 0 Å². The van der Waals surface area contributed by atoms with Crippen molar-refractivity contribution in [1.29, 1.82) is 0 Å². The van der Waals surface area contributed by atoms with Crippen molar-refractivity contribution in [3.05, 3.63) is 93.6 Å². The van der Waals surface area contributed by atoms with E-state index < -0.39 is 5.91 Å². The zero-order chi connectivity index (χ0) is 22.5. The summed E-state index contributed by atoms with van der Waals surface area (Å²) in [7, 11) is 0. The van der Waals surface area contributed by atoms with Gasteiger partial charge in [0, 0.05) is 4.47 Å². The summed E-state index contributed by atoms with van der Waals surface area (Å²) in [6.07, 6.45) is 3.21. The molecule has 0 spiro atoms. The molecule has 2 aromatic heterocycles. The van der Waals surface area contributed by atoms with E-state index in [4.69, 9.17) is 25.5 Å². The van der Waals surface area contributed by atoms with Gasteiger partial charge in [-0.25, -0.2) is 4.68 Å². The predicted molar refractivity (Wildman–Crippen MR) is 124 cm³/mol. The van der Waals surface area contributed by atoms with Crippen LogP contribution in [0, 0.1) is 6.92 Å². The van der Waals surface area contributed by atoms with Gasteiger partial charge in [-0.1, -0.05) is 39.7 Å². The third-order valence-electron chi connectivity index (χ3n) is 4.48. The standard InChI is InChI=1S/C23H19BrClN3O4/c1-15-3-2-4-20(25)22(15)30-13-19-9-10-21(32-19)23(29)27-17-11-26-28(12-17)14-31-18-7-5-16(24)6-8-18/h2-12H,13-14H2,1H3,(H,27,29). The highest BCUT2D eigenvalue weighted by molar-refractivity contribution is 9.10. The second-order valence-corrected chi connectivity index (χ2v) is 8.21. The number of aromatic nitrogens is 2. The summed E-state index contributed by atoms with van der Waals surface area (Å²) in [5.41, 5.74) is 1.44. The first-order valence-electron chi connectivity index (χ1n) is 9.67. The molecule has 164 valence electrons. The summed E-state index contributed by atoms with van der Waals surface area (Å²) >= 11 is 9.55. The fourth-order valence-corrected chi connectivity index (χ4v) is 3.42. The molecule has 0 atom stereocenters. The van der Waals surface area contributed by atoms with Gasteiger partial charge >= 0.3 is 0 Å². The number of aryl methyl sites for hydroxylation is 1. The Balaban J connectivity index is 1.31. The van der Waals surface area contributed by atoms with Crippen molar-refractivity contribution >= 4 is 39.1 Å². The number of rotatable bonds is 8. The van der Waals surface area contributed by atoms with E-state index in [2.05, 4.69) is 26.3 Å². The Kier molecular flexibility index (Phi) is 6.82. The van der Waals surface area contributed by atoms with Crippen molar-refractivity contribution in [1.82, 2.24) is 9.78 Å². The lowest BCUT2D eigenvalue weighted by Crippen LogP contribution is -2.10. The molecule has 2 heterocycles. The van der Waals surface area contributed by atoms with E-state index in [0.717, 1.165) is 10.0 Å². The maximum Gasteiger partial charge on any atom is 0.291 e.